The van der Waals surface area contributed by atoms with Gasteiger partial charge >= 0.3 is 12.2 Å². The number of amides is 2. The lowest BCUT2D eigenvalue weighted by Gasteiger charge is -2.28. The van der Waals surface area contributed by atoms with Crippen LogP contribution in [0, 0.1) is 12.3 Å². The van der Waals surface area contributed by atoms with E-state index in [-0.39, 0.29) is 6.54 Å². The zero-order valence-corrected chi connectivity index (χ0v) is 23.5. The Balaban J connectivity index is 2.33. The summed E-state index contributed by atoms with van der Waals surface area (Å²) in [5.41, 5.74) is 0.181. The third kappa shape index (κ3) is 8.71. The van der Waals surface area contributed by atoms with Crippen LogP contribution in [0.1, 0.15) is 52.7 Å². The van der Waals surface area contributed by atoms with Crippen molar-refractivity contribution in [2.24, 2.45) is 0 Å². The lowest BCUT2D eigenvalue weighted by molar-refractivity contribution is -0.000263. The van der Waals surface area contributed by atoms with E-state index in [1.807, 2.05) is 16.8 Å². The maximum atomic E-state index is 12.9. The molecule has 0 aliphatic rings. The molecule has 35 heavy (non-hydrogen) atoms. The summed E-state index contributed by atoms with van der Waals surface area (Å²) in [6.45, 7) is 18.2. The Morgan fingerprint density at radius 2 is 1.66 bits per heavy atom. The van der Waals surface area contributed by atoms with Gasteiger partial charge in [0.15, 0.2) is 0 Å². The van der Waals surface area contributed by atoms with Gasteiger partial charge in [-0.15, -0.1) is 6.42 Å². The molecule has 0 N–H and O–H groups in total. The summed E-state index contributed by atoms with van der Waals surface area (Å²) in [5.74, 6) is 2.70. The second-order valence-electron chi connectivity index (χ2n) is 11.7. The molecule has 0 radical (unpaired) electrons. The van der Waals surface area contributed by atoms with Gasteiger partial charge < -0.3 is 18.8 Å². The molecule has 2 heterocycles. The van der Waals surface area contributed by atoms with Crippen LogP contribution in [-0.2, 0) is 27.5 Å². The summed E-state index contributed by atoms with van der Waals surface area (Å²) in [6.07, 6.45) is 7.68. The van der Waals surface area contributed by atoms with Gasteiger partial charge in [0.05, 0.1) is 6.54 Å². The van der Waals surface area contributed by atoms with E-state index in [0.29, 0.717) is 30.1 Å². The summed E-state index contributed by atoms with van der Waals surface area (Å²) in [7, 11) is -1.18. The van der Waals surface area contributed by atoms with Gasteiger partial charge in [0, 0.05) is 43.6 Å². The van der Waals surface area contributed by atoms with E-state index in [0.717, 1.165) is 16.3 Å². The third-order valence-electron chi connectivity index (χ3n) is 4.79. The summed E-state index contributed by atoms with van der Waals surface area (Å²) < 4.78 is 18.6. The highest BCUT2D eigenvalue weighted by Crippen LogP contribution is 2.24. The first-order valence-electron chi connectivity index (χ1n) is 11.8. The van der Waals surface area contributed by atoms with Crippen LogP contribution in [0.3, 0.4) is 0 Å². The summed E-state index contributed by atoms with van der Waals surface area (Å²) in [4.78, 5) is 31.3. The fourth-order valence-corrected chi connectivity index (χ4v) is 3.88. The van der Waals surface area contributed by atoms with E-state index in [4.69, 9.17) is 20.6 Å². The van der Waals surface area contributed by atoms with Crippen LogP contribution in [0.4, 0.5) is 9.59 Å². The maximum absolute atomic E-state index is 12.9. The SMILES string of the molecule is C#Cc1c(CN(C(=O)OC(C)(C)C)C(=O)OC(C)(C)C)cnc2c1ccn2COCC[Si](C)(C)C. The number of nitrogens with zero attached hydrogens (tertiary/aromatic N) is 3. The van der Waals surface area contributed by atoms with Gasteiger partial charge in [-0.2, -0.15) is 0 Å². The Hall–Kier alpha value is -2.83. The fourth-order valence-electron chi connectivity index (χ4n) is 3.12. The standard InChI is InChI=1S/C26H39N3O5Si/c1-11-20-19(17-29(23(30)33-25(2,3)4)24(31)34-26(5,6)7)16-27-22-21(20)12-13-28(22)18-32-14-15-35(8,9)10/h1,12-13,16H,14-15,17-18H2,2-10H3. The van der Waals surface area contributed by atoms with E-state index >= 15 is 0 Å². The molecule has 192 valence electrons. The predicted molar refractivity (Wildman–Crippen MR) is 140 cm³/mol. The number of rotatable bonds is 7. The molecule has 2 aromatic rings. The van der Waals surface area contributed by atoms with E-state index in [9.17, 15) is 9.59 Å². The number of hydrogen-bond donors (Lipinski definition) is 0. The largest absolute Gasteiger partial charge is 0.443 e. The zero-order chi connectivity index (χ0) is 26.6. The van der Waals surface area contributed by atoms with Crippen LogP contribution >= 0.6 is 0 Å². The molecule has 0 saturated heterocycles. The maximum Gasteiger partial charge on any atom is 0.420 e. The molecule has 8 nitrogen and oxygen atoms in total. The fraction of sp³-hybridized carbons (Fsp3) is 0.577. The number of imide groups is 1. The number of aromatic nitrogens is 2. The van der Waals surface area contributed by atoms with Crippen molar-refractivity contribution >= 4 is 31.3 Å². The minimum absolute atomic E-state index is 0.135. The van der Waals surface area contributed by atoms with Gasteiger partial charge in [0.2, 0.25) is 0 Å². The second kappa shape index (κ2) is 10.8. The number of fused-ring (bicyclic) bond motifs is 1. The van der Waals surface area contributed by atoms with Crippen molar-refractivity contribution in [3.63, 3.8) is 0 Å². The molecule has 0 aromatic carbocycles. The highest BCUT2D eigenvalue weighted by molar-refractivity contribution is 6.76. The molecule has 2 rings (SSSR count). The normalized spacial score (nSPS) is 12.3. The van der Waals surface area contributed by atoms with Crippen LogP contribution in [-0.4, -0.2) is 52.5 Å². The Kier molecular flexibility index (Phi) is 8.79. The summed E-state index contributed by atoms with van der Waals surface area (Å²) in [6, 6.07) is 2.94. The number of ether oxygens (including phenoxy) is 3. The van der Waals surface area contributed by atoms with Crippen LogP contribution in [0.5, 0.6) is 0 Å². The number of terminal acetylenes is 1. The van der Waals surface area contributed by atoms with Crippen molar-refractivity contribution in [3.05, 3.63) is 29.6 Å². The molecule has 0 saturated carbocycles. The molecule has 0 bridgehead atoms. The second-order valence-corrected chi connectivity index (χ2v) is 17.3. The van der Waals surface area contributed by atoms with Crippen molar-refractivity contribution in [2.75, 3.05) is 6.61 Å². The van der Waals surface area contributed by atoms with Crippen molar-refractivity contribution in [2.45, 2.75) is 91.7 Å². The van der Waals surface area contributed by atoms with Crippen molar-refractivity contribution in [1.82, 2.24) is 14.5 Å². The number of hydrogen-bond acceptors (Lipinski definition) is 6. The number of carbonyl (C=O) groups excluding carboxylic acids is 2. The lowest BCUT2D eigenvalue weighted by Crippen LogP contribution is -2.43. The van der Waals surface area contributed by atoms with E-state index < -0.39 is 31.5 Å². The van der Waals surface area contributed by atoms with Crippen molar-refractivity contribution in [1.29, 1.82) is 0 Å². The van der Waals surface area contributed by atoms with Gasteiger partial charge in [-0.1, -0.05) is 25.6 Å². The zero-order valence-electron chi connectivity index (χ0n) is 22.5. The first kappa shape index (κ1) is 28.4. The van der Waals surface area contributed by atoms with E-state index in [2.05, 4.69) is 30.5 Å². The molecular formula is C26H39N3O5Si. The highest BCUT2D eigenvalue weighted by Gasteiger charge is 2.32. The Morgan fingerprint density at radius 1 is 1.09 bits per heavy atom. The summed E-state index contributed by atoms with van der Waals surface area (Å²) >= 11 is 0. The van der Waals surface area contributed by atoms with E-state index in [1.165, 1.54) is 0 Å². The smallest absolute Gasteiger partial charge is 0.420 e. The molecule has 0 aliphatic heterocycles. The Bertz CT molecular complexity index is 1070. The molecule has 0 unspecified atom stereocenters. The molecule has 0 aliphatic carbocycles. The molecule has 2 amide bonds. The van der Waals surface area contributed by atoms with Gasteiger partial charge in [-0.25, -0.2) is 19.5 Å². The quantitative estimate of drug-likeness (QED) is 0.263. The topological polar surface area (TPSA) is 82.9 Å². The Labute approximate surface area is 209 Å². The average molecular weight is 502 g/mol. The third-order valence-corrected chi connectivity index (χ3v) is 6.50. The average Bonchev–Trinajstić information content (AvgIpc) is 3.08. The predicted octanol–water partition coefficient (Wildman–Crippen LogP) is 6.00. The first-order chi connectivity index (χ1) is 16.0. The van der Waals surface area contributed by atoms with Gasteiger partial charge in [-0.05, 0) is 53.7 Å². The molecule has 2 aromatic heterocycles. The molecular weight excluding hydrogens is 462 g/mol. The van der Waals surface area contributed by atoms with Gasteiger partial charge in [-0.3, -0.25) is 0 Å². The minimum Gasteiger partial charge on any atom is -0.443 e. The minimum atomic E-state index is -1.18. The molecule has 0 atom stereocenters. The highest BCUT2D eigenvalue weighted by atomic mass is 28.3. The molecule has 0 fully saturated rings. The summed E-state index contributed by atoms with van der Waals surface area (Å²) in [5, 5.41) is 0.743. The Morgan fingerprint density at radius 3 is 2.14 bits per heavy atom. The number of pyridine rings is 1. The number of carbonyl (C=O) groups is 2. The first-order valence-corrected chi connectivity index (χ1v) is 15.5. The van der Waals surface area contributed by atoms with Crippen LogP contribution < -0.4 is 0 Å². The van der Waals surface area contributed by atoms with Crippen molar-refractivity contribution < 1.29 is 23.8 Å². The van der Waals surface area contributed by atoms with Crippen molar-refractivity contribution in [3.8, 4) is 12.3 Å². The molecule has 9 heteroatoms. The van der Waals surface area contributed by atoms with Crippen LogP contribution in [0.2, 0.25) is 25.7 Å². The monoisotopic (exact) mass is 501 g/mol. The van der Waals surface area contributed by atoms with Crippen LogP contribution in [0.15, 0.2) is 18.5 Å². The van der Waals surface area contributed by atoms with E-state index in [1.54, 1.807) is 47.7 Å². The molecule has 0 spiro atoms. The van der Waals surface area contributed by atoms with Gasteiger partial charge in [0.1, 0.15) is 23.6 Å². The lowest BCUT2D eigenvalue weighted by atomic mass is 10.1. The van der Waals surface area contributed by atoms with Gasteiger partial charge in [0.25, 0.3) is 0 Å². The van der Waals surface area contributed by atoms with Crippen LogP contribution in [0.25, 0.3) is 11.0 Å².